The molecule has 0 radical (unpaired) electrons. The Morgan fingerprint density at radius 2 is 1.59 bits per heavy atom. The van der Waals surface area contributed by atoms with Gasteiger partial charge in [0.1, 0.15) is 11.5 Å². The van der Waals surface area contributed by atoms with Crippen LogP contribution in [-0.4, -0.2) is 31.1 Å². The number of ether oxygens (including phenoxy) is 2. The third-order valence-corrected chi connectivity index (χ3v) is 3.27. The van der Waals surface area contributed by atoms with Gasteiger partial charge in [-0.05, 0) is 23.8 Å². The van der Waals surface area contributed by atoms with Gasteiger partial charge in [0, 0.05) is 18.1 Å². The predicted octanol–water partition coefficient (Wildman–Crippen LogP) is 2.83. The Morgan fingerprint density at radius 1 is 1.00 bits per heavy atom. The molecule has 0 heterocycles. The summed E-state index contributed by atoms with van der Waals surface area (Å²) >= 11 is 0. The number of Topliss-reactive ketones (excluding diaryl/α,β-unsaturated/α-hetero) is 1. The van der Waals surface area contributed by atoms with E-state index in [1.165, 1.54) is 20.3 Å². The average Bonchev–Trinajstić information content (AvgIpc) is 2.54. The Morgan fingerprint density at radius 3 is 2.14 bits per heavy atom. The van der Waals surface area contributed by atoms with Crippen molar-refractivity contribution < 1.29 is 24.2 Å². The van der Waals surface area contributed by atoms with Crippen molar-refractivity contribution in [1.82, 2.24) is 0 Å². The quantitative estimate of drug-likeness (QED) is 0.830. The van der Waals surface area contributed by atoms with Crippen molar-refractivity contribution >= 4 is 11.8 Å². The number of carbonyl (C=O) groups is 2. The molecular weight excluding hydrogens is 284 g/mol. The molecule has 0 fully saturated rings. The maximum absolute atomic E-state index is 12.4. The molecule has 2 rings (SSSR count). The smallest absolute Gasteiger partial charge is 0.335 e. The minimum atomic E-state index is -1.05. The van der Waals surface area contributed by atoms with E-state index in [-0.39, 0.29) is 17.8 Å². The zero-order valence-corrected chi connectivity index (χ0v) is 12.3. The minimum absolute atomic E-state index is 0.00120. The largest absolute Gasteiger partial charge is 0.497 e. The molecule has 0 saturated heterocycles. The molecular formula is C17H16O5. The van der Waals surface area contributed by atoms with E-state index < -0.39 is 5.97 Å². The summed E-state index contributed by atoms with van der Waals surface area (Å²) < 4.78 is 10.3. The highest BCUT2D eigenvalue weighted by Gasteiger charge is 2.15. The Bertz CT molecular complexity index is 684. The van der Waals surface area contributed by atoms with E-state index in [2.05, 4.69) is 0 Å². The molecule has 0 amide bonds. The number of methoxy groups -OCH3 is 2. The Balaban J connectivity index is 2.32. The number of carbonyl (C=O) groups excluding carboxylic acids is 1. The summed E-state index contributed by atoms with van der Waals surface area (Å²) in [5.41, 5.74) is 1.02. The molecule has 1 N–H and O–H groups in total. The summed E-state index contributed by atoms with van der Waals surface area (Å²) in [6, 6.07) is 11.3. The molecule has 114 valence electrons. The van der Waals surface area contributed by atoms with Gasteiger partial charge in [-0.2, -0.15) is 0 Å². The summed E-state index contributed by atoms with van der Waals surface area (Å²) in [5, 5.41) is 9.16. The summed E-state index contributed by atoms with van der Waals surface area (Å²) in [6.07, 6.45) is -0.00120. The second-order valence-corrected chi connectivity index (χ2v) is 4.66. The molecule has 0 bridgehead atoms. The van der Waals surface area contributed by atoms with E-state index in [0.29, 0.717) is 22.6 Å². The first-order chi connectivity index (χ1) is 10.5. The SMILES string of the molecule is COc1cc(OC)cc(C(=O)Cc2ccccc2C(=O)O)c1. The highest BCUT2D eigenvalue weighted by molar-refractivity contribution is 6.00. The number of benzene rings is 2. The zero-order valence-electron chi connectivity index (χ0n) is 12.3. The lowest BCUT2D eigenvalue weighted by molar-refractivity contribution is 0.0696. The van der Waals surface area contributed by atoms with E-state index in [1.807, 2.05) is 0 Å². The van der Waals surface area contributed by atoms with E-state index in [0.717, 1.165) is 0 Å². The van der Waals surface area contributed by atoms with Crippen LogP contribution in [0.15, 0.2) is 42.5 Å². The van der Waals surface area contributed by atoms with E-state index in [9.17, 15) is 9.59 Å². The monoisotopic (exact) mass is 300 g/mol. The lowest BCUT2D eigenvalue weighted by atomic mass is 9.98. The molecule has 0 saturated carbocycles. The van der Waals surface area contributed by atoms with Gasteiger partial charge in [-0.1, -0.05) is 18.2 Å². The number of hydrogen-bond acceptors (Lipinski definition) is 4. The topological polar surface area (TPSA) is 72.8 Å². The van der Waals surface area contributed by atoms with Gasteiger partial charge in [0.25, 0.3) is 0 Å². The first-order valence-electron chi connectivity index (χ1n) is 6.62. The summed E-state index contributed by atoms with van der Waals surface area (Å²) in [5.74, 6) is -0.235. The molecule has 0 unspecified atom stereocenters. The molecule has 0 aliphatic heterocycles. The van der Waals surface area contributed by atoms with Crippen LogP contribution in [0.25, 0.3) is 0 Å². The Hall–Kier alpha value is -2.82. The van der Waals surface area contributed by atoms with Crippen molar-refractivity contribution in [2.45, 2.75) is 6.42 Å². The molecule has 5 heteroatoms. The fraction of sp³-hybridized carbons (Fsp3) is 0.176. The van der Waals surface area contributed by atoms with Crippen molar-refractivity contribution in [3.63, 3.8) is 0 Å². The Labute approximate surface area is 128 Å². The third-order valence-electron chi connectivity index (χ3n) is 3.27. The second-order valence-electron chi connectivity index (χ2n) is 4.66. The number of carboxylic acids is 1. The first kappa shape index (κ1) is 15.6. The molecule has 2 aromatic rings. The van der Waals surface area contributed by atoms with Gasteiger partial charge in [-0.25, -0.2) is 4.79 Å². The molecule has 22 heavy (non-hydrogen) atoms. The van der Waals surface area contributed by atoms with Crippen molar-refractivity contribution in [3.05, 3.63) is 59.2 Å². The van der Waals surface area contributed by atoms with Gasteiger partial charge in [0.2, 0.25) is 0 Å². The zero-order chi connectivity index (χ0) is 16.1. The molecule has 0 aliphatic rings. The van der Waals surface area contributed by atoms with Crippen LogP contribution < -0.4 is 9.47 Å². The highest BCUT2D eigenvalue weighted by Crippen LogP contribution is 2.24. The van der Waals surface area contributed by atoms with Crippen LogP contribution in [0.1, 0.15) is 26.3 Å². The van der Waals surface area contributed by atoms with Gasteiger partial charge in [0.05, 0.1) is 19.8 Å². The van der Waals surface area contributed by atoms with Gasteiger partial charge in [-0.15, -0.1) is 0 Å². The summed E-state index contributed by atoms with van der Waals surface area (Å²) in [7, 11) is 3.01. The molecule has 5 nitrogen and oxygen atoms in total. The second kappa shape index (κ2) is 6.76. The van der Waals surface area contributed by atoms with Crippen LogP contribution in [0.5, 0.6) is 11.5 Å². The summed E-state index contributed by atoms with van der Waals surface area (Å²) in [6.45, 7) is 0. The van der Waals surface area contributed by atoms with Crippen LogP contribution in [-0.2, 0) is 6.42 Å². The maximum Gasteiger partial charge on any atom is 0.335 e. The van der Waals surface area contributed by atoms with E-state index >= 15 is 0 Å². The van der Waals surface area contributed by atoms with Crippen molar-refractivity contribution in [2.75, 3.05) is 14.2 Å². The van der Waals surface area contributed by atoms with E-state index in [1.54, 1.807) is 36.4 Å². The van der Waals surface area contributed by atoms with Crippen molar-refractivity contribution in [3.8, 4) is 11.5 Å². The molecule has 0 aliphatic carbocycles. The maximum atomic E-state index is 12.4. The van der Waals surface area contributed by atoms with E-state index in [4.69, 9.17) is 14.6 Å². The van der Waals surface area contributed by atoms with Gasteiger partial charge in [-0.3, -0.25) is 4.79 Å². The van der Waals surface area contributed by atoms with Crippen LogP contribution in [0, 0.1) is 0 Å². The number of rotatable bonds is 6. The van der Waals surface area contributed by atoms with Crippen LogP contribution in [0.4, 0.5) is 0 Å². The van der Waals surface area contributed by atoms with Gasteiger partial charge < -0.3 is 14.6 Å². The standard InChI is InChI=1S/C17H16O5/c1-21-13-7-12(8-14(10-13)22-2)16(18)9-11-5-3-4-6-15(11)17(19)20/h3-8,10H,9H2,1-2H3,(H,19,20). The highest BCUT2D eigenvalue weighted by atomic mass is 16.5. The van der Waals surface area contributed by atoms with Crippen LogP contribution in [0.2, 0.25) is 0 Å². The average molecular weight is 300 g/mol. The van der Waals surface area contributed by atoms with Crippen molar-refractivity contribution in [2.24, 2.45) is 0 Å². The number of hydrogen-bond donors (Lipinski definition) is 1. The molecule has 0 spiro atoms. The fourth-order valence-electron chi connectivity index (χ4n) is 2.13. The lowest BCUT2D eigenvalue weighted by Gasteiger charge is -2.09. The normalized spacial score (nSPS) is 10.1. The third kappa shape index (κ3) is 3.44. The first-order valence-corrected chi connectivity index (χ1v) is 6.62. The Kier molecular flexibility index (Phi) is 4.78. The molecule has 2 aromatic carbocycles. The fourth-order valence-corrected chi connectivity index (χ4v) is 2.13. The minimum Gasteiger partial charge on any atom is -0.497 e. The van der Waals surface area contributed by atoms with Crippen LogP contribution >= 0.6 is 0 Å². The molecule has 0 aromatic heterocycles. The van der Waals surface area contributed by atoms with Crippen LogP contribution in [0.3, 0.4) is 0 Å². The van der Waals surface area contributed by atoms with Crippen molar-refractivity contribution in [1.29, 1.82) is 0 Å². The predicted molar refractivity (Wildman–Crippen MR) is 81.0 cm³/mol. The number of ketones is 1. The summed E-state index contributed by atoms with van der Waals surface area (Å²) in [4.78, 5) is 23.6. The molecule has 0 atom stereocenters. The number of carboxylic acid groups (broad SMARTS) is 1. The lowest BCUT2D eigenvalue weighted by Crippen LogP contribution is -2.09. The van der Waals surface area contributed by atoms with Gasteiger partial charge >= 0.3 is 5.97 Å². The number of aromatic carboxylic acids is 1. The van der Waals surface area contributed by atoms with Gasteiger partial charge in [0.15, 0.2) is 5.78 Å².